The number of esters is 2. The summed E-state index contributed by atoms with van der Waals surface area (Å²) in [5, 5.41) is 0. The average Bonchev–Trinajstić information content (AvgIpc) is 3.54. The number of aromatic amines is 2. The third-order valence-corrected chi connectivity index (χ3v) is 4.93. The van der Waals surface area contributed by atoms with Crippen molar-refractivity contribution in [3.63, 3.8) is 0 Å². The van der Waals surface area contributed by atoms with Crippen molar-refractivity contribution < 1.29 is 19.1 Å². The van der Waals surface area contributed by atoms with Crippen molar-refractivity contribution in [3.05, 3.63) is 108 Å². The van der Waals surface area contributed by atoms with Gasteiger partial charge in [-0.3, -0.25) is 0 Å². The fourth-order valence-corrected chi connectivity index (χ4v) is 3.34. The number of hydrogen-bond donors (Lipinski definition) is 2. The molecule has 0 aliphatic carbocycles. The Balaban J connectivity index is 1.48. The van der Waals surface area contributed by atoms with Crippen LogP contribution in [-0.4, -0.2) is 31.9 Å². The number of hydrogen-bond acceptors (Lipinski definition) is 6. The van der Waals surface area contributed by atoms with Crippen molar-refractivity contribution in [2.24, 2.45) is 0 Å². The van der Waals surface area contributed by atoms with E-state index in [0.29, 0.717) is 12.8 Å². The maximum absolute atomic E-state index is 12.7. The molecule has 0 bridgehead atoms. The van der Waals surface area contributed by atoms with Gasteiger partial charge in [0.25, 0.3) is 0 Å². The third kappa shape index (κ3) is 5.48. The van der Waals surface area contributed by atoms with Gasteiger partial charge in [0.05, 0.1) is 12.7 Å². The molecule has 0 saturated carbocycles. The summed E-state index contributed by atoms with van der Waals surface area (Å²) in [7, 11) is 0. The van der Waals surface area contributed by atoms with Crippen LogP contribution >= 0.6 is 0 Å². The number of nitrogens with one attached hydrogen (secondary N) is 2. The molecule has 2 unspecified atom stereocenters. The van der Waals surface area contributed by atoms with Crippen LogP contribution in [0.4, 0.5) is 0 Å². The lowest BCUT2D eigenvalue weighted by atomic mass is 10.0. The molecule has 8 nitrogen and oxygen atoms in total. The van der Waals surface area contributed by atoms with E-state index in [1.807, 2.05) is 60.7 Å². The van der Waals surface area contributed by atoms with Crippen LogP contribution in [-0.2, 0) is 31.9 Å². The second-order valence-corrected chi connectivity index (χ2v) is 7.17. The van der Waals surface area contributed by atoms with E-state index in [4.69, 9.17) is 9.47 Å². The van der Waals surface area contributed by atoms with Crippen LogP contribution in [0.15, 0.2) is 85.7 Å². The molecule has 8 heteroatoms. The van der Waals surface area contributed by atoms with Crippen LogP contribution in [0.3, 0.4) is 0 Å². The van der Waals surface area contributed by atoms with Crippen molar-refractivity contribution in [1.82, 2.24) is 19.9 Å². The molecular formula is C24H22N4O4. The quantitative estimate of drug-likeness (QED) is 0.327. The first-order valence-electron chi connectivity index (χ1n) is 10.1. The van der Waals surface area contributed by atoms with Crippen LogP contribution in [0.2, 0.25) is 0 Å². The summed E-state index contributed by atoms with van der Waals surface area (Å²) in [5.41, 5.74) is 3.09. The monoisotopic (exact) mass is 430 g/mol. The Labute approximate surface area is 184 Å². The van der Waals surface area contributed by atoms with E-state index in [1.165, 1.54) is 0 Å². The molecule has 4 rings (SSSR count). The fourth-order valence-electron chi connectivity index (χ4n) is 3.34. The lowest BCUT2D eigenvalue weighted by Gasteiger charge is -2.20. The highest BCUT2D eigenvalue weighted by Crippen LogP contribution is 2.24. The van der Waals surface area contributed by atoms with Gasteiger partial charge in [-0.2, -0.15) is 0 Å². The standard InChI is InChI=1S/C24H22N4O4/c29-23(31-21(11-19-13-25-15-27-19)17-7-3-1-4-8-17)24(30)32-22(12-20-14-26-16-28-20)18-9-5-2-6-10-18/h1-10,13-16,21-22H,11-12H2,(H,25,27)(H,26,28). The van der Waals surface area contributed by atoms with Gasteiger partial charge in [0, 0.05) is 36.6 Å². The molecule has 0 fully saturated rings. The number of carbonyl (C=O) groups excluding carboxylic acids is 2. The lowest BCUT2D eigenvalue weighted by Crippen LogP contribution is -2.26. The van der Waals surface area contributed by atoms with Gasteiger partial charge in [-0.1, -0.05) is 60.7 Å². The Morgan fingerprint density at radius 3 is 1.44 bits per heavy atom. The number of benzene rings is 2. The number of H-pyrrole nitrogens is 2. The summed E-state index contributed by atoms with van der Waals surface area (Å²) in [6, 6.07) is 18.5. The summed E-state index contributed by atoms with van der Waals surface area (Å²) in [6.45, 7) is 0. The fraction of sp³-hybridized carbons (Fsp3) is 0.167. The minimum atomic E-state index is -1.05. The van der Waals surface area contributed by atoms with Gasteiger partial charge in [0.2, 0.25) is 0 Å². The number of carbonyl (C=O) groups is 2. The molecule has 2 aromatic heterocycles. The first-order chi connectivity index (χ1) is 15.7. The molecule has 4 aromatic rings. The second-order valence-electron chi connectivity index (χ2n) is 7.17. The van der Waals surface area contributed by atoms with Gasteiger partial charge in [-0.15, -0.1) is 0 Å². The molecule has 2 atom stereocenters. The van der Waals surface area contributed by atoms with E-state index in [9.17, 15) is 9.59 Å². The first-order valence-corrected chi connectivity index (χ1v) is 10.1. The van der Waals surface area contributed by atoms with Crippen molar-refractivity contribution >= 4 is 11.9 Å². The minimum Gasteiger partial charge on any atom is -0.449 e. The smallest absolute Gasteiger partial charge is 0.418 e. The van der Waals surface area contributed by atoms with Crippen LogP contribution < -0.4 is 0 Å². The highest BCUT2D eigenvalue weighted by molar-refractivity contribution is 6.29. The van der Waals surface area contributed by atoms with Crippen molar-refractivity contribution in [2.45, 2.75) is 25.0 Å². The second kappa shape index (κ2) is 10.2. The largest absolute Gasteiger partial charge is 0.449 e. The lowest BCUT2D eigenvalue weighted by molar-refractivity contribution is -0.174. The molecule has 2 aromatic carbocycles. The van der Waals surface area contributed by atoms with E-state index >= 15 is 0 Å². The van der Waals surface area contributed by atoms with E-state index in [1.54, 1.807) is 25.0 Å². The highest BCUT2D eigenvalue weighted by atomic mass is 16.6. The molecule has 0 spiro atoms. The maximum Gasteiger partial charge on any atom is 0.418 e. The summed E-state index contributed by atoms with van der Waals surface area (Å²) in [5.74, 6) is -2.10. The molecular weight excluding hydrogens is 408 g/mol. The summed E-state index contributed by atoms with van der Waals surface area (Å²) in [4.78, 5) is 39.3. The normalized spacial score (nSPS) is 12.6. The Bertz CT molecular complexity index is 1020. The Morgan fingerprint density at radius 2 is 1.09 bits per heavy atom. The average molecular weight is 430 g/mol. The Kier molecular flexibility index (Phi) is 6.72. The predicted octanol–water partition coefficient (Wildman–Crippen LogP) is 3.49. The number of rotatable bonds is 8. The molecule has 32 heavy (non-hydrogen) atoms. The summed E-state index contributed by atoms with van der Waals surface area (Å²) >= 11 is 0. The summed E-state index contributed by atoms with van der Waals surface area (Å²) < 4.78 is 11.1. The zero-order valence-electron chi connectivity index (χ0n) is 17.2. The van der Waals surface area contributed by atoms with Gasteiger partial charge in [0.1, 0.15) is 12.2 Å². The zero-order valence-corrected chi connectivity index (χ0v) is 17.2. The van der Waals surface area contributed by atoms with Crippen LogP contribution in [0.5, 0.6) is 0 Å². The molecule has 0 aliphatic heterocycles. The van der Waals surface area contributed by atoms with Gasteiger partial charge in [-0.05, 0) is 11.1 Å². The van der Waals surface area contributed by atoms with Gasteiger partial charge in [0.15, 0.2) is 0 Å². The number of ether oxygens (including phenoxy) is 2. The zero-order chi connectivity index (χ0) is 22.2. The molecule has 0 saturated heterocycles. The van der Waals surface area contributed by atoms with E-state index in [0.717, 1.165) is 22.5 Å². The molecule has 2 N–H and O–H groups in total. The van der Waals surface area contributed by atoms with Gasteiger partial charge in [-0.25, -0.2) is 19.6 Å². The van der Waals surface area contributed by atoms with Crippen molar-refractivity contribution in [2.75, 3.05) is 0 Å². The third-order valence-electron chi connectivity index (χ3n) is 4.93. The first kappa shape index (κ1) is 21.0. The van der Waals surface area contributed by atoms with Crippen molar-refractivity contribution in [1.29, 1.82) is 0 Å². The minimum absolute atomic E-state index is 0.347. The SMILES string of the molecule is O=C(OC(Cc1cnc[nH]1)c1ccccc1)C(=O)OC(Cc1cnc[nH]1)c1ccccc1. The van der Waals surface area contributed by atoms with E-state index in [-0.39, 0.29) is 0 Å². The number of nitrogens with zero attached hydrogens (tertiary/aromatic N) is 2. The van der Waals surface area contributed by atoms with E-state index in [2.05, 4.69) is 19.9 Å². The Hall–Kier alpha value is -4.20. The molecule has 0 radical (unpaired) electrons. The van der Waals surface area contributed by atoms with Crippen molar-refractivity contribution in [3.8, 4) is 0 Å². The topological polar surface area (TPSA) is 110 Å². The van der Waals surface area contributed by atoms with Gasteiger partial charge < -0.3 is 19.4 Å². The van der Waals surface area contributed by atoms with Gasteiger partial charge >= 0.3 is 11.9 Å². The van der Waals surface area contributed by atoms with Crippen LogP contribution in [0.1, 0.15) is 34.7 Å². The molecule has 0 aliphatic rings. The predicted molar refractivity (Wildman–Crippen MR) is 115 cm³/mol. The maximum atomic E-state index is 12.7. The highest BCUT2D eigenvalue weighted by Gasteiger charge is 2.28. The molecule has 2 heterocycles. The molecule has 162 valence electrons. The van der Waals surface area contributed by atoms with Crippen LogP contribution in [0, 0.1) is 0 Å². The van der Waals surface area contributed by atoms with E-state index < -0.39 is 24.1 Å². The van der Waals surface area contributed by atoms with Crippen LogP contribution in [0.25, 0.3) is 0 Å². The molecule has 0 amide bonds. The number of imidazole rings is 2. The summed E-state index contributed by atoms with van der Waals surface area (Å²) in [6.07, 6.45) is 5.76. The Morgan fingerprint density at radius 1 is 0.688 bits per heavy atom. The number of aromatic nitrogens is 4.